The normalized spacial score (nSPS) is 21.6. The number of hydrogen-bond donors (Lipinski definition) is 0. The largest absolute Gasteiger partial charge is 0.342 e. The fourth-order valence-electron chi connectivity index (χ4n) is 3.35. The highest BCUT2D eigenvalue weighted by Crippen LogP contribution is 2.20. The first-order valence-corrected chi connectivity index (χ1v) is 9.33. The van der Waals surface area contributed by atoms with Crippen LogP contribution in [0.15, 0.2) is 0 Å². The molecule has 0 saturated carbocycles. The summed E-state index contributed by atoms with van der Waals surface area (Å²) in [7, 11) is 0. The first kappa shape index (κ1) is 19.4. The molecule has 0 spiro atoms. The predicted octanol–water partition coefficient (Wildman–Crippen LogP) is 2.54. The average molecular weight is 312 g/mol. The van der Waals surface area contributed by atoms with Gasteiger partial charge in [0, 0.05) is 51.7 Å². The second-order valence-corrected chi connectivity index (χ2v) is 6.66. The molecule has 1 amide bonds. The van der Waals surface area contributed by atoms with Crippen LogP contribution in [0.4, 0.5) is 0 Å². The van der Waals surface area contributed by atoms with E-state index in [0.717, 1.165) is 19.0 Å². The highest BCUT2D eigenvalue weighted by atomic mass is 16.2. The van der Waals surface area contributed by atoms with Crippen molar-refractivity contribution in [1.82, 2.24) is 14.7 Å². The first-order chi connectivity index (χ1) is 10.6. The van der Waals surface area contributed by atoms with Crippen LogP contribution in [0.5, 0.6) is 0 Å². The standard InChI is InChI=1S/C16H31N3O.C2H6/c1-4-17-9-11-18(12-10-17)13-15-5-7-19(8-6-15)16(20)14(2)3;1-2/h14-15H,4-13H2,1-3H3;1-2H3. The van der Waals surface area contributed by atoms with Gasteiger partial charge in [-0.1, -0.05) is 34.6 Å². The minimum absolute atomic E-state index is 0.147. The molecule has 0 radical (unpaired) electrons. The maximum atomic E-state index is 12.0. The molecule has 0 aromatic carbocycles. The Kier molecular flexibility index (Phi) is 9.03. The van der Waals surface area contributed by atoms with Gasteiger partial charge in [-0.3, -0.25) is 4.79 Å². The van der Waals surface area contributed by atoms with Gasteiger partial charge < -0.3 is 14.7 Å². The molecule has 22 heavy (non-hydrogen) atoms. The van der Waals surface area contributed by atoms with Crippen molar-refractivity contribution in [3.8, 4) is 0 Å². The van der Waals surface area contributed by atoms with Crippen LogP contribution in [-0.4, -0.2) is 73.0 Å². The fourth-order valence-corrected chi connectivity index (χ4v) is 3.35. The quantitative estimate of drug-likeness (QED) is 0.798. The van der Waals surface area contributed by atoms with Gasteiger partial charge in [0.1, 0.15) is 0 Å². The smallest absolute Gasteiger partial charge is 0.225 e. The van der Waals surface area contributed by atoms with Gasteiger partial charge in [-0.05, 0) is 25.3 Å². The summed E-state index contributed by atoms with van der Waals surface area (Å²) in [6, 6.07) is 0. The lowest BCUT2D eigenvalue weighted by molar-refractivity contribution is -0.135. The van der Waals surface area contributed by atoms with Crippen molar-refractivity contribution < 1.29 is 4.79 Å². The van der Waals surface area contributed by atoms with Crippen LogP contribution in [0.3, 0.4) is 0 Å². The van der Waals surface area contributed by atoms with Crippen LogP contribution in [0.2, 0.25) is 0 Å². The maximum absolute atomic E-state index is 12.0. The van der Waals surface area contributed by atoms with E-state index >= 15 is 0 Å². The number of amides is 1. The summed E-state index contributed by atoms with van der Waals surface area (Å²) in [4.78, 5) is 19.2. The van der Waals surface area contributed by atoms with E-state index in [9.17, 15) is 4.79 Å². The van der Waals surface area contributed by atoms with E-state index in [0.29, 0.717) is 5.91 Å². The van der Waals surface area contributed by atoms with E-state index in [1.54, 1.807) is 0 Å². The Morgan fingerprint density at radius 2 is 1.45 bits per heavy atom. The molecule has 0 N–H and O–H groups in total. The summed E-state index contributed by atoms with van der Waals surface area (Å²) < 4.78 is 0. The molecular weight excluding hydrogens is 274 g/mol. The Bertz CT molecular complexity index is 303. The van der Waals surface area contributed by atoms with Crippen molar-refractivity contribution in [2.45, 2.75) is 47.5 Å². The van der Waals surface area contributed by atoms with Crippen molar-refractivity contribution in [2.75, 3.05) is 52.4 Å². The van der Waals surface area contributed by atoms with E-state index in [4.69, 9.17) is 0 Å². The van der Waals surface area contributed by atoms with E-state index in [1.807, 2.05) is 27.7 Å². The number of carbonyl (C=O) groups is 1. The molecule has 2 fully saturated rings. The number of carbonyl (C=O) groups excluding carboxylic acids is 1. The summed E-state index contributed by atoms with van der Waals surface area (Å²) in [6.07, 6.45) is 2.37. The third-order valence-corrected chi connectivity index (χ3v) is 4.85. The van der Waals surface area contributed by atoms with Crippen molar-refractivity contribution >= 4 is 5.91 Å². The molecule has 0 aromatic rings. The lowest BCUT2D eigenvalue weighted by Gasteiger charge is -2.39. The Hall–Kier alpha value is -0.610. The van der Waals surface area contributed by atoms with E-state index in [1.165, 1.54) is 52.1 Å². The zero-order valence-corrected chi connectivity index (χ0v) is 15.5. The predicted molar refractivity (Wildman–Crippen MR) is 94.0 cm³/mol. The highest BCUT2D eigenvalue weighted by Gasteiger charge is 2.26. The van der Waals surface area contributed by atoms with Gasteiger partial charge in [-0.2, -0.15) is 0 Å². The third-order valence-electron chi connectivity index (χ3n) is 4.85. The molecule has 2 saturated heterocycles. The molecule has 130 valence electrons. The molecule has 4 heteroatoms. The van der Waals surface area contributed by atoms with E-state index < -0.39 is 0 Å². The lowest BCUT2D eigenvalue weighted by atomic mass is 9.95. The van der Waals surface area contributed by atoms with Crippen LogP contribution in [-0.2, 0) is 4.79 Å². The Morgan fingerprint density at radius 3 is 1.91 bits per heavy atom. The van der Waals surface area contributed by atoms with Gasteiger partial charge in [0.05, 0.1) is 0 Å². The number of nitrogens with zero attached hydrogens (tertiary/aromatic N) is 3. The second-order valence-electron chi connectivity index (χ2n) is 6.66. The van der Waals surface area contributed by atoms with Crippen LogP contribution < -0.4 is 0 Å². The van der Waals surface area contributed by atoms with Gasteiger partial charge in [-0.15, -0.1) is 0 Å². The van der Waals surface area contributed by atoms with Crippen LogP contribution in [0.1, 0.15) is 47.5 Å². The SMILES string of the molecule is CC.CCN1CCN(CC2CCN(C(=O)C(C)C)CC2)CC1. The van der Waals surface area contributed by atoms with Crippen LogP contribution >= 0.6 is 0 Å². The summed E-state index contributed by atoms with van der Waals surface area (Å²) >= 11 is 0. The maximum Gasteiger partial charge on any atom is 0.225 e. The Labute approximate surface area is 137 Å². The van der Waals surface area contributed by atoms with Gasteiger partial charge >= 0.3 is 0 Å². The van der Waals surface area contributed by atoms with Crippen molar-refractivity contribution in [2.24, 2.45) is 11.8 Å². The summed E-state index contributed by atoms with van der Waals surface area (Å²) in [5.74, 6) is 1.27. The number of likely N-dealkylation sites (N-methyl/N-ethyl adjacent to an activating group) is 1. The molecular formula is C18H37N3O. The molecule has 0 aromatic heterocycles. The van der Waals surface area contributed by atoms with Crippen molar-refractivity contribution in [1.29, 1.82) is 0 Å². The van der Waals surface area contributed by atoms with Gasteiger partial charge in [0.25, 0.3) is 0 Å². The molecule has 2 rings (SSSR count). The Balaban J connectivity index is 0.00000116. The first-order valence-electron chi connectivity index (χ1n) is 9.33. The number of hydrogen-bond acceptors (Lipinski definition) is 3. The molecule has 0 aliphatic carbocycles. The van der Waals surface area contributed by atoms with Gasteiger partial charge in [0.15, 0.2) is 0 Å². The zero-order chi connectivity index (χ0) is 16.5. The second kappa shape index (κ2) is 10.2. The molecule has 0 atom stereocenters. The van der Waals surface area contributed by atoms with Crippen molar-refractivity contribution in [3.63, 3.8) is 0 Å². The van der Waals surface area contributed by atoms with Gasteiger partial charge in [-0.25, -0.2) is 0 Å². The lowest BCUT2D eigenvalue weighted by Crippen LogP contribution is -2.49. The molecule has 0 bridgehead atoms. The number of rotatable bonds is 4. The summed E-state index contributed by atoms with van der Waals surface area (Å²) in [5, 5.41) is 0. The minimum atomic E-state index is 0.147. The number of piperazine rings is 1. The molecule has 2 aliphatic rings. The molecule has 4 nitrogen and oxygen atoms in total. The molecule has 0 unspecified atom stereocenters. The van der Waals surface area contributed by atoms with Gasteiger partial charge in [0.2, 0.25) is 5.91 Å². The van der Waals surface area contributed by atoms with E-state index in [2.05, 4.69) is 21.6 Å². The Morgan fingerprint density at radius 1 is 0.955 bits per heavy atom. The molecule has 2 aliphatic heterocycles. The number of piperidine rings is 1. The molecule has 2 heterocycles. The zero-order valence-electron chi connectivity index (χ0n) is 15.5. The summed E-state index contributed by atoms with van der Waals surface area (Å²) in [5.41, 5.74) is 0. The summed E-state index contributed by atoms with van der Waals surface area (Å²) in [6.45, 7) is 19.5. The minimum Gasteiger partial charge on any atom is -0.342 e. The average Bonchev–Trinajstić information content (AvgIpc) is 2.57. The highest BCUT2D eigenvalue weighted by molar-refractivity contribution is 5.78. The van der Waals surface area contributed by atoms with E-state index in [-0.39, 0.29) is 5.92 Å². The third kappa shape index (κ3) is 5.88. The fraction of sp³-hybridized carbons (Fsp3) is 0.944. The monoisotopic (exact) mass is 311 g/mol. The topological polar surface area (TPSA) is 26.8 Å². The van der Waals surface area contributed by atoms with Crippen LogP contribution in [0, 0.1) is 11.8 Å². The van der Waals surface area contributed by atoms with Crippen molar-refractivity contribution in [3.05, 3.63) is 0 Å². The number of likely N-dealkylation sites (tertiary alicyclic amines) is 1. The van der Waals surface area contributed by atoms with Crippen LogP contribution in [0.25, 0.3) is 0 Å².